The molecule has 0 spiro atoms. The zero-order valence-corrected chi connectivity index (χ0v) is 18.3. The van der Waals surface area contributed by atoms with E-state index in [0.717, 1.165) is 17.4 Å². The van der Waals surface area contributed by atoms with Gasteiger partial charge in [0.2, 0.25) is 0 Å². The van der Waals surface area contributed by atoms with E-state index in [2.05, 4.69) is 89.9 Å². The van der Waals surface area contributed by atoms with Gasteiger partial charge < -0.3 is 14.8 Å². The minimum absolute atomic E-state index is 0.0387. The standard InChI is InChI=1S/C24H28N4S/c1-16(2)28-23(22(26-24(28)29)21-12-8-9-13-25-21)20-14-17(3)27(18(20)4)15-19-10-6-5-7-11-19/h5-14,16,22-23H,15H2,1-4H3,(H,26,29)/t22-,23+/m0/s1. The molecule has 0 radical (unpaired) electrons. The molecule has 2 aromatic heterocycles. The van der Waals surface area contributed by atoms with Gasteiger partial charge in [-0.1, -0.05) is 36.4 Å². The highest BCUT2D eigenvalue weighted by atomic mass is 32.1. The van der Waals surface area contributed by atoms with Crippen LogP contribution in [0, 0.1) is 13.8 Å². The van der Waals surface area contributed by atoms with E-state index in [1.54, 1.807) is 0 Å². The number of aromatic nitrogens is 2. The molecule has 1 aliphatic heterocycles. The van der Waals surface area contributed by atoms with E-state index < -0.39 is 0 Å². The van der Waals surface area contributed by atoms with Crippen LogP contribution in [0.1, 0.15) is 54.1 Å². The summed E-state index contributed by atoms with van der Waals surface area (Å²) < 4.78 is 2.40. The summed E-state index contributed by atoms with van der Waals surface area (Å²) in [4.78, 5) is 6.96. The van der Waals surface area contributed by atoms with Gasteiger partial charge in [0.05, 0.1) is 17.8 Å². The van der Waals surface area contributed by atoms with Crippen molar-refractivity contribution in [3.05, 3.63) is 89.0 Å². The van der Waals surface area contributed by atoms with Crippen LogP contribution in [0.5, 0.6) is 0 Å². The molecule has 0 bridgehead atoms. The quantitative estimate of drug-likeness (QED) is 0.611. The zero-order valence-electron chi connectivity index (χ0n) is 17.5. The first kappa shape index (κ1) is 19.6. The number of thiocarbonyl (C=S) groups is 1. The summed E-state index contributed by atoms with van der Waals surface area (Å²) in [6.45, 7) is 9.69. The fourth-order valence-corrected chi connectivity index (χ4v) is 4.84. The highest BCUT2D eigenvalue weighted by Crippen LogP contribution is 2.41. The van der Waals surface area contributed by atoms with Crippen LogP contribution >= 0.6 is 12.2 Å². The van der Waals surface area contributed by atoms with E-state index in [1.807, 2.05) is 18.3 Å². The lowest BCUT2D eigenvalue weighted by atomic mass is 9.96. The summed E-state index contributed by atoms with van der Waals surface area (Å²) in [5, 5.41) is 4.34. The van der Waals surface area contributed by atoms with Crippen LogP contribution in [0.4, 0.5) is 0 Å². The van der Waals surface area contributed by atoms with Crippen molar-refractivity contribution in [1.29, 1.82) is 0 Å². The second kappa shape index (κ2) is 7.99. The van der Waals surface area contributed by atoms with Crippen molar-refractivity contribution in [3.63, 3.8) is 0 Å². The predicted octanol–water partition coefficient (Wildman–Crippen LogP) is 4.93. The monoisotopic (exact) mass is 404 g/mol. The molecule has 4 rings (SSSR count). The van der Waals surface area contributed by atoms with Gasteiger partial charge in [-0.05, 0) is 69.2 Å². The smallest absolute Gasteiger partial charge is 0.170 e. The van der Waals surface area contributed by atoms with Crippen LogP contribution in [0.2, 0.25) is 0 Å². The van der Waals surface area contributed by atoms with Crippen molar-refractivity contribution in [2.75, 3.05) is 0 Å². The van der Waals surface area contributed by atoms with E-state index in [9.17, 15) is 0 Å². The summed E-state index contributed by atoms with van der Waals surface area (Å²) in [7, 11) is 0. The molecule has 1 N–H and O–H groups in total. The minimum Gasteiger partial charge on any atom is -0.352 e. The fraction of sp³-hybridized carbons (Fsp3) is 0.333. The number of nitrogens with one attached hydrogen (secondary N) is 1. The molecule has 3 aromatic rings. The van der Waals surface area contributed by atoms with Crippen LogP contribution in [0.25, 0.3) is 0 Å². The highest BCUT2D eigenvalue weighted by molar-refractivity contribution is 7.80. The normalized spacial score (nSPS) is 19.1. The lowest BCUT2D eigenvalue weighted by molar-refractivity contribution is 0.268. The van der Waals surface area contributed by atoms with Crippen LogP contribution in [-0.4, -0.2) is 25.6 Å². The van der Waals surface area contributed by atoms with Gasteiger partial charge >= 0.3 is 0 Å². The molecule has 29 heavy (non-hydrogen) atoms. The Hall–Kier alpha value is -2.66. The van der Waals surface area contributed by atoms with Gasteiger partial charge in [0.15, 0.2) is 5.11 Å². The van der Waals surface area contributed by atoms with Crippen LogP contribution < -0.4 is 5.32 Å². The van der Waals surface area contributed by atoms with Gasteiger partial charge in [0.1, 0.15) is 0 Å². The first-order valence-corrected chi connectivity index (χ1v) is 10.6. The van der Waals surface area contributed by atoms with Crippen molar-refractivity contribution in [1.82, 2.24) is 19.8 Å². The van der Waals surface area contributed by atoms with Crippen LogP contribution in [0.15, 0.2) is 60.8 Å². The second-order valence-corrected chi connectivity index (χ2v) is 8.41. The predicted molar refractivity (Wildman–Crippen MR) is 122 cm³/mol. The SMILES string of the molecule is Cc1cc([C@@H]2[C@H](c3ccccn3)NC(=S)N2C(C)C)c(C)n1Cc1ccccc1. The average Bonchev–Trinajstić information content (AvgIpc) is 3.20. The summed E-state index contributed by atoms with van der Waals surface area (Å²) in [6.07, 6.45) is 1.85. The number of pyridine rings is 1. The number of hydrogen-bond donors (Lipinski definition) is 1. The summed E-state index contributed by atoms with van der Waals surface area (Å²) in [6, 6.07) is 19.5. The van der Waals surface area contributed by atoms with Crippen molar-refractivity contribution in [2.45, 2.75) is 52.4 Å². The van der Waals surface area contributed by atoms with Gasteiger partial charge in [-0.3, -0.25) is 4.98 Å². The van der Waals surface area contributed by atoms with Crippen molar-refractivity contribution in [3.8, 4) is 0 Å². The molecule has 1 saturated heterocycles. The third-order valence-corrected chi connectivity index (χ3v) is 6.14. The summed E-state index contributed by atoms with van der Waals surface area (Å²) in [5.74, 6) is 0. The largest absolute Gasteiger partial charge is 0.352 e. The van der Waals surface area contributed by atoms with Crippen molar-refractivity contribution < 1.29 is 0 Å². The van der Waals surface area contributed by atoms with E-state index in [-0.39, 0.29) is 12.1 Å². The van der Waals surface area contributed by atoms with Crippen molar-refractivity contribution >= 4 is 17.3 Å². The molecule has 1 aromatic carbocycles. The van der Waals surface area contributed by atoms with Gasteiger partial charge in [-0.15, -0.1) is 0 Å². The van der Waals surface area contributed by atoms with Crippen LogP contribution in [0.3, 0.4) is 0 Å². The van der Waals surface area contributed by atoms with Gasteiger partial charge in [0, 0.05) is 30.2 Å². The molecule has 0 amide bonds. The molecule has 4 nitrogen and oxygen atoms in total. The molecule has 0 aliphatic carbocycles. The lowest BCUT2D eigenvalue weighted by Crippen LogP contribution is -2.35. The van der Waals surface area contributed by atoms with Crippen molar-refractivity contribution in [2.24, 2.45) is 0 Å². The first-order chi connectivity index (χ1) is 14.0. The third-order valence-electron chi connectivity index (χ3n) is 5.81. The molecule has 1 fully saturated rings. The van der Waals surface area contributed by atoms with E-state index in [1.165, 1.54) is 22.5 Å². The lowest BCUT2D eigenvalue weighted by Gasteiger charge is -2.31. The van der Waals surface area contributed by atoms with Gasteiger partial charge in [-0.2, -0.15) is 0 Å². The molecule has 0 saturated carbocycles. The van der Waals surface area contributed by atoms with Crippen LogP contribution in [-0.2, 0) is 6.54 Å². The fourth-order valence-electron chi connectivity index (χ4n) is 4.39. The van der Waals surface area contributed by atoms with E-state index in [4.69, 9.17) is 12.2 Å². The van der Waals surface area contributed by atoms with E-state index in [0.29, 0.717) is 6.04 Å². The summed E-state index contributed by atoms with van der Waals surface area (Å²) >= 11 is 5.74. The Bertz CT molecular complexity index is 994. The Morgan fingerprint density at radius 3 is 2.45 bits per heavy atom. The number of nitrogens with zero attached hydrogens (tertiary/aromatic N) is 3. The van der Waals surface area contributed by atoms with Gasteiger partial charge in [-0.25, -0.2) is 0 Å². The highest BCUT2D eigenvalue weighted by Gasteiger charge is 2.42. The molecule has 2 atom stereocenters. The number of rotatable bonds is 5. The molecule has 3 heterocycles. The second-order valence-electron chi connectivity index (χ2n) is 8.03. The molecule has 5 heteroatoms. The van der Waals surface area contributed by atoms with Gasteiger partial charge in [0.25, 0.3) is 0 Å². The first-order valence-electron chi connectivity index (χ1n) is 10.2. The molecule has 1 aliphatic rings. The molecular formula is C24H28N4S. The number of aryl methyl sites for hydroxylation is 1. The Morgan fingerprint density at radius 2 is 1.79 bits per heavy atom. The summed E-state index contributed by atoms with van der Waals surface area (Å²) in [5.41, 5.74) is 6.20. The third kappa shape index (κ3) is 3.67. The topological polar surface area (TPSA) is 33.1 Å². The maximum Gasteiger partial charge on any atom is 0.170 e. The molecular weight excluding hydrogens is 376 g/mol. The Kier molecular flexibility index (Phi) is 5.41. The number of benzene rings is 1. The molecule has 150 valence electrons. The van der Waals surface area contributed by atoms with E-state index >= 15 is 0 Å². The molecule has 0 unspecified atom stereocenters. The minimum atomic E-state index is 0.0387. The maximum atomic E-state index is 5.74. The average molecular weight is 405 g/mol. The maximum absolute atomic E-state index is 5.74. The Balaban J connectivity index is 1.77. The zero-order chi connectivity index (χ0) is 20.5. The Labute approximate surface area is 178 Å². The Morgan fingerprint density at radius 1 is 1.07 bits per heavy atom. The number of hydrogen-bond acceptors (Lipinski definition) is 2.